The zero-order valence-electron chi connectivity index (χ0n) is 18.2. The summed E-state index contributed by atoms with van der Waals surface area (Å²) in [5, 5.41) is 2.75. The number of rotatable bonds is 12. The van der Waals surface area contributed by atoms with Crippen molar-refractivity contribution in [1.29, 1.82) is 0 Å². The summed E-state index contributed by atoms with van der Waals surface area (Å²) < 4.78 is 15.9. The van der Waals surface area contributed by atoms with Crippen molar-refractivity contribution in [3.63, 3.8) is 0 Å². The molecule has 1 aromatic carbocycles. The van der Waals surface area contributed by atoms with E-state index in [1.165, 1.54) is 7.11 Å². The van der Waals surface area contributed by atoms with Crippen LogP contribution in [0.2, 0.25) is 0 Å². The van der Waals surface area contributed by atoms with Crippen LogP contribution in [-0.4, -0.2) is 62.1 Å². The number of carbonyl (C=O) groups is 3. The molecule has 1 fully saturated rings. The Kier molecular flexibility index (Phi) is 8.95. The zero-order valence-corrected chi connectivity index (χ0v) is 18.2. The second-order valence-corrected chi connectivity index (χ2v) is 7.63. The number of benzene rings is 1. The lowest BCUT2D eigenvalue weighted by Gasteiger charge is -2.23. The minimum Gasteiger partial charge on any atom is -0.493 e. The van der Waals surface area contributed by atoms with Crippen LogP contribution < -0.4 is 14.8 Å². The van der Waals surface area contributed by atoms with Gasteiger partial charge in [-0.15, -0.1) is 0 Å². The molecule has 8 nitrogen and oxygen atoms in total. The highest BCUT2D eigenvalue weighted by atomic mass is 16.5. The number of ether oxygens (including phenoxy) is 3. The zero-order chi connectivity index (χ0) is 22.1. The van der Waals surface area contributed by atoms with Gasteiger partial charge in [0.05, 0.1) is 20.1 Å². The Morgan fingerprint density at radius 2 is 1.93 bits per heavy atom. The van der Waals surface area contributed by atoms with E-state index in [2.05, 4.69) is 5.32 Å². The Bertz CT molecular complexity index is 745. The predicted octanol–water partition coefficient (Wildman–Crippen LogP) is 2.40. The van der Waals surface area contributed by atoms with Gasteiger partial charge in [0.15, 0.2) is 18.1 Å². The van der Waals surface area contributed by atoms with Crippen LogP contribution in [0.1, 0.15) is 50.4 Å². The molecular weight excluding hydrogens is 388 g/mol. The predicted molar refractivity (Wildman–Crippen MR) is 112 cm³/mol. The third kappa shape index (κ3) is 7.57. The molecule has 2 amide bonds. The molecule has 166 valence electrons. The Hall–Kier alpha value is -2.77. The van der Waals surface area contributed by atoms with Crippen LogP contribution in [0.3, 0.4) is 0 Å². The SMILES string of the molecule is CCOC(=O)CCN(CC1CC1)C(=O)c1ccc(OCC(=O)NC(C)C)c(OC)c1. The highest BCUT2D eigenvalue weighted by molar-refractivity contribution is 5.95. The van der Waals surface area contributed by atoms with E-state index in [1.54, 1.807) is 30.0 Å². The minimum absolute atomic E-state index is 0.0232. The van der Waals surface area contributed by atoms with E-state index in [-0.39, 0.29) is 36.9 Å². The lowest BCUT2D eigenvalue weighted by molar-refractivity contribution is -0.143. The highest BCUT2D eigenvalue weighted by Crippen LogP contribution is 2.32. The fourth-order valence-electron chi connectivity index (χ4n) is 2.96. The maximum atomic E-state index is 13.1. The number of nitrogens with zero attached hydrogens (tertiary/aromatic N) is 1. The van der Waals surface area contributed by atoms with Gasteiger partial charge in [0.1, 0.15) is 0 Å². The van der Waals surface area contributed by atoms with Crippen molar-refractivity contribution in [3.05, 3.63) is 23.8 Å². The van der Waals surface area contributed by atoms with E-state index in [1.807, 2.05) is 13.8 Å². The van der Waals surface area contributed by atoms with Gasteiger partial charge >= 0.3 is 5.97 Å². The first-order chi connectivity index (χ1) is 14.3. The lowest BCUT2D eigenvalue weighted by Crippen LogP contribution is -2.35. The average Bonchev–Trinajstić information content (AvgIpc) is 3.52. The Morgan fingerprint density at radius 3 is 2.53 bits per heavy atom. The summed E-state index contributed by atoms with van der Waals surface area (Å²) >= 11 is 0. The summed E-state index contributed by atoms with van der Waals surface area (Å²) in [6.45, 7) is 6.60. The van der Waals surface area contributed by atoms with Crippen LogP contribution in [0.5, 0.6) is 11.5 Å². The topological polar surface area (TPSA) is 94.2 Å². The van der Waals surface area contributed by atoms with Crippen molar-refractivity contribution in [3.8, 4) is 11.5 Å². The van der Waals surface area contributed by atoms with Gasteiger partial charge in [-0.25, -0.2) is 0 Å². The first kappa shape index (κ1) is 23.5. The van der Waals surface area contributed by atoms with Crippen molar-refractivity contribution in [2.45, 2.75) is 46.1 Å². The van der Waals surface area contributed by atoms with Gasteiger partial charge < -0.3 is 24.4 Å². The molecule has 2 rings (SSSR count). The van der Waals surface area contributed by atoms with E-state index in [0.29, 0.717) is 42.7 Å². The maximum absolute atomic E-state index is 13.1. The molecule has 1 saturated carbocycles. The molecule has 1 aromatic rings. The number of nitrogens with one attached hydrogen (secondary N) is 1. The molecule has 0 aliphatic heterocycles. The molecule has 0 unspecified atom stereocenters. The van der Waals surface area contributed by atoms with Gasteiger partial charge in [-0.1, -0.05) is 0 Å². The van der Waals surface area contributed by atoms with Gasteiger partial charge in [0, 0.05) is 24.7 Å². The molecule has 1 aliphatic rings. The molecule has 0 spiro atoms. The van der Waals surface area contributed by atoms with Gasteiger partial charge in [-0.3, -0.25) is 14.4 Å². The molecule has 30 heavy (non-hydrogen) atoms. The van der Waals surface area contributed by atoms with Crippen LogP contribution in [0.4, 0.5) is 0 Å². The van der Waals surface area contributed by atoms with Gasteiger partial charge in [0.25, 0.3) is 11.8 Å². The molecule has 0 atom stereocenters. The van der Waals surface area contributed by atoms with Crippen molar-refractivity contribution in [1.82, 2.24) is 10.2 Å². The molecule has 1 N–H and O–H groups in total. The summed E-state index contributed by atoms with van der Waals surface area (Å²) in [5.74, 6) is 0.519. The smallest absolute Gasteiger partial charge is 0.307 e. The molecule has 1 aliphatic carbocycles. The Labute approximate surface area is 177 Å². The number of methoxy groups -OCH3 is 1. The van der Waals surface area contributed by atoms with Crippen molar-refractivity contribution < 1.29 is 28.6 Å². The third-order valence-corrected chi connectivity index (χ3v) is 4.57. The summed E-state index contributed by atoms with van der Waals surface area (Å²) in [4.78, 5) is 38.3. The minimum atomic E-state index is -0.313. The number of amides is 2. The quantitative estimate of drug-likeness (QED) is 0.522. The maximum Gasteiger partial charge on any atom is 0.307 e. The highest BCUT2D eigenvalue weighted by Gasteiger charge is 2.28. The van der Waals surface area contributed by atoms with E-state index >= 15 is 0 Å². The number of esters is 1. The largest absolute Gasteiger partial charge is 0.493 e. The van der Waals surface area contributed by atoms with Gasteiger partial charge in [-0.05, 0) is 57.7 Å². The van der Waals surface area contributed by atoms with Crippen molar-refractivity contribution in [2.75, 3.05) is 33.4 Å². The summed E-state index contributed by atoms with van der Waals surface area (Å²) in [7, 11) is 1.48. The van der Waals surface area contributed by atoms with Crippen LogP contribution in [0.25, 0.3) is 0 Å². The summed E-state index contributed by atoms with van der Waals surface area (Å²) in [5.41, 5.74) is 0.440. The second kappa shape index (κ2) is 11.4. The fraction of sp³-hybridized carbons (Fsp3) is 0.591. The molecule has 0 aromatic heterocycles. The molecule has 8 heteroatoms. The molecule has 0 bridgehead atoms. The summed E-state index contributed by atoms with van der Waals surface area (Å²) in [6, 6.07) is 4.89. The average molecular weight is 421 g/mol. The van der Waals surface area contributed by atoms with Crippen LogP contribution in [0.15, 0.2) is 18.2 Å². The Balaban J connectivity index is 2.06. The van der Waals surface area contributed by atoms with Crippen molar-refractivity contribution >= 4 is 17.8 Å². The standard InChI is InChI=1S/C22H32N2O6/c1-5-29-21(26)10-11-24(13-16-6-7-16)22(27)17-8-9-18(19(12-17)28-4)30-14-20(25)23-15(2)3/h8-9,12,15-16H,5-7,10-11,13-14H2,1-4H3,(H,23,25). The number of carbonyl (C=O) groups excluding carboxylic acids is 3. The monoisotopic (exact) mass is 420 g/mol. The normalized spacial score (nSPS) is 13.0. The van der Waals surface area contributed by atoms with E-state index in [9.17, 15) is 14.4 Å². The molecular formula is C22H32N2O6. The molecule has 0 saturated heterocycles. The van der Waals surface area contributed by atoms with Gasteiger partial charge in [-0.2, -0.15) is 0 Å². The molecule has 0 heterocycles. The van der Waals surface area contributed by atoms with E-state index in [0.717, 1.165) is 12.8 Å². The fourth-order valence-corrected chi connectivity index (χ4v) is 2.96. The van der Waals surface area contributed by atoms with Crippen LogP contribution >= 0.6 is 0 Å². The van der Waals surface area contributed by atoms with Gasteiger partial charge in [0.2, 0.25) is 0 Å². The second-order valence-electron chi connectivity index (χ2n) is 7.63. The number of hydrogen-bond acceptors (Lipinski definition) is 6. The first-order valence-electron chi connectivity index (χ1n) is 10.4. The third-order valence-electron chi connectivity index (χ3n) is 4.57. The Morgan fingerprint density at radius 1 is 1.20 bits per heavy atom. The van der Waals surface area contributed by atoms with Crippen molar-refractivity contribution in [2.24, 2.45) is 5.92 Å². The van der Waals surface area contributed by atoms with E-state index in [4.69, 9.17) is 14.2 Å². The van der Waals surface area contributed by atoms with E-state index < -0.39 is 0 Å². The lowest BCUT2D eigenvalue weighted by atomic mass is 10.1. The van der Waals surface area contributed by atoms with Crippen LogP contribution in [-0.2, 0) is 14.3 Å². The summed E-state index contributed by atoms with van der Waals surface area (Å²) in [6.07, 6.45) is 2.35. The van der Waals surface area contributed by atoms with Crippen LogP contribution in [0, 0.1) is 5.92 Å². The first-order valence-corrected chi connectivity index (χ1v) is 10.4. The molecule has 0 radical (unpaired) electrons. The number of hydrogen-bond donors (Lipinski definition) is 1.